The summed E-state index contributed by atoms with van der Waals surface area (Å²) in [6, 6.07) is 20.8. The lowest BCUT2D eigenvalue weighted by molar-refractivity contribution is -0.122. The number of hydrogen-bond donors (Lipinski definition) is 1. The summed E-state index contributed by atoms with van der Waals surface area (Å²) in [5, 5.41) is 3.98. The van der Waals surface area contributed by atoms with Crippen molar-refractivity contribution < 1.29 is 13.2 Å². The molecule has 3 aromatic carbocycles. The fourth-order valence-electron chi connectivity index (χ4n) is 4.12. The van der Waals surface area contributed by atoms with Crippen LogP contribution >= 0.6 is 23.2 Å². The van der Waals surface area contributed by atoms with Gasteiger partial charge in [0, 0.05) is 16.6 Å². The van der Waals surface area contributed by atoms with Gasteiger partial charge in [-0.1, -0.05) is 59.6 Å². The average Bonchev–Trinajstić information content (AvgIpc) is 2.79. The van der Waals surface area contributed by atoms with Gasteiger partial charge in [0.15, 0.2) is 0 Å². The van der Waals surface area contributed by atoms with E-state index in [9.17, 15) is 13.2 Å². The first kappa shape index (κ1) is 23.8. The van der Waals surface area contributed by atoms with Crippen molar-refractivity contribution in [2.75, 3.05) is 6.54 Å². The standard InChI is InChI=1S/C25H24Cl2N2O3S/c26-20-11-13-22(14-12-20)33(31,32)29(16-18-5-3-8-21(27)15-18)17-25(30)28-24-10-4-7-19-6-1-2-9-23(19)24/h1-3,5-6,8-9,11-15,24H,4,7,10,16-17H2,(H,28,30). The van der Waals surface area contributed by atoms with E-state index in [0.29, 0.717) is 15.6 Å². The van der Waals surface area contributed by atoms with E-state index in [-0.39, 0.29) is 29.9 Å². The first-order chi connectivity index (χ1) is 15.8. The summed E-state index contributed by atoms with van der Waals surface area (Å²) in [6.07, 6.45) is 2.77. The molecular weight excluding hydrogens is 479 g/mol. The zero-order chi connectivity index (χ0) is 23.4. The van der Waals surface area contributed by atoms with Crippen molar-refractivity contribution in [3.63, 3.8) is 0 Å². The number of aryl methyl sites for hydroxylation is 1. The molecule has 0 saturated carbocycles. The number of fused-ring (bicyclic) bond motifs is 1. The zero-order valence-electron chi connectivity index (χ0n) is 17.9. The molecule has 33 heavy (non-hydrogen) atoms. The summed E-state index contributed by atoms with van der Waals surface area (Å²) >= 11 is 12.0. The molecule has 0 aliphatic heterocycles. The van der Waals surface area contributed by atoms with Crippen LogP contribution in [0.5, 0.6) is 0 Å². The van der Waals surface area contributed by atoms with E-state index in [1.54, 1.807) is 24.3 Å². The number of nitrogens with one attached hydrogen (secondary N) is 1. The molecule has 0 spiro atoms. The van der Waals surface area contributed by atoms with Crippen LogP contribution in [-0.4, -0.2) is 25.2 Å². The maximum absolute atomic E-state index is 13.4. The van der Waals surface area contributed by atoms with Crippen LogP contribution in [0.3, 0.4) is 0 Å². The van der Waals surface area contributed by atoms with Crippen LogP contribution < -0.4 is 5.32 Å². The number of halogens is 2. The van der Waals surface area contributed by atoms with E-state index in [1.807, 2.05) is 18.2 Å². The van der Waals surface area contributed by atoms with Crippen LogP contribution in [0.15, 0.2) is 77.7 Å². The number of carbonyl (C=O) groups is 1. The van der Waals surface area contributed by atoms with Gasteiger partial charge in [-0.25, -0.2) is 8.42 Å². The second-order valence-electron chi connectivity index (χ2n) is 8.07. The Balaban J connectivity index is 1.58. The van der Waals surface area contributed by atoms with Gasteiger partial charge in [0.2, 0.25) is 15.9 Å². The summed E-state index contributed by atoms with van der Waals surface area (Å²) < 4.78 is 28.0. The minimum atomic E-state index is -3.95. The van der Waals surface area contributed by atoms with Gasteiger partial charge in [-0.3, -0.25) is 4.79 Å². The molecule has 1 aliphatic carbocycles. The van der Waals surface area contributed by atoms with E-state index in [1.165, 1.54) is 34.1 Å². The van der Waals surface area contributed by atoms with Crippen molar-refractivity contribution in [2.24, 2.45) is 0 Å². The Morgan fingerprint density at radius 3 is 2.48 bits per heavy atom. The van der Waals surface area contributed by atoms with Gasteiger partial charge in [0.1, 0.15) is 0 Å². The topological polar surface area (TPSA) is 66.5 Å². The van der Waals surface area contributed by atoms with E-state index >= 15 is 0 Å². The molecule has 0 saturated heterocycles. The molecule has 4 rings (SSSR count). The van der Waals surface area contributed by atoms with Crippen LogP contribution in [-0.2, 0) is 27.8 Å². The molecule has 0 aromatic heterocycles. The van der Waals surface area contributed by atoms with E-state index < -0.39 is 10.0 Å². The van der Waals surface area contributed by atoms with Crippen LogP contribution in [0.25, 0.3) is 0 Å². The number of carbonyl (C=O) groups excluding carboxylic acids is 1. The first-order valence-electron chi connectivity index (χ1n) is 10.7. The average molecular weight is 503 g/mol. The number of amides is 1. The fraction of sp³-hybridized carbons (Fsp3) is 0.240. The van der Waals surface area contributed by atoms with Gasteiger partial charge in [-0.2, -0.15) is 4.31 Å². The number of nitrogens with zero attached hydrogens (tertiary/aromatic N) is 1. The lowest BCUT2D eigenvalue weighted by atomic mass is 9.88. The van der Waals surface area contributed by atoms with Crippen molar-refractivity contribution in [2.45, 2.75) is 36.7 Å². The van der Waals surface area contributed by atoms with Gasteiger partial charge in [0.25, 0.3) is 0 Å². The molecular formula is C25H24Cl2N2O3S. The molecule has 1 N–H and O–H groups in total. The van der Waals surface area contributed by atoms with Gasteiger partial charge in [0.05, 0.1) is 17.5 Å². The lowest BCUT2D eigenvalue weighted by Crippen LogP contribution is -2.42. The fourth-order valence-corrected chi connectivity index (χ4v) is 5.85. The molecule has 3 aromatic rings. The maximum Gasteiger partial charge on any atom is 0.243 e. The highest BCUT2D eigenvalue weighted by molar-refractivity contribution is 7.89. The van der Waals surface area contributed by atoms with Crippen LogP contribution in [0, 0.1) is 0 Å². The molecule has 0 bridgehead atoms. The SMILES string of the molecule is O=C(CN(Cc1cccc(Cl)c1)S(=O)(=O)c1ccc(Cl)cc1)NC1CCCc2ccccc21. The number of benzene rings is 3. The Morgan fingerprint density at radius 1 is 0.970 bits per heavy atom. The van der Waals surface area contributed by atoms with Gasteiger partial charge < -0.3 is 5.32 Å². The Morgan fingerprint density at radius 2 is 1.73 bits per heavy atom. The highest BCUT2D eigenvalue weighted by atomic mass is 35.5. The van der Waals surface area contributed by atoms with Crippen molar-refractivity contribution in [1.82, 2.24) is 9.62 Å². The van der Waals surface area contributed by atoms with E-state index in [2.05, 4.69) is 11.4 Å². The summed E-state index contributed by atoms with van der Waals surface area (Å²) in [4.78, 5) is 13.1. The van der Waals surface area contributed by atoms with Crippen molar-refractivity contribution in [3.05, 3.63) is 99.5 Å². The second-order valence-corrected chi connectivity index (χ2v) is 10.9. The van der Waals surface area contributed by atoms with Gasteiger partial charge >= 0.3 is 0 Å². The number of hydrogen-bond acceptors (Lipinski definition) is 3. The first-order valence-corrected chi connectivity index (χ1v) is 12.9. The van der Waals surface area contributed by atoms with Crippen molar-refractivity contribution in [1.29, 1.82) is 0 Å². The molecule has 0 radical (unpaired) electrons. The Hall–Kier alpha value is -2.38. The number of rotatable bonds is 7. The molecule has 1 atom stereocenters. The van der Waals surface area contributed by atoms with Crippen molar-refractivity contribution in [3.8, 4) is 0 Å². The predicted molar refractivity (Wildman–Crippen MR) is 131 cm³/mol. The minimum Gasteiger partial charge on any atom is -0.348 e. The Labute approximate surface area is 204 Å². The van der Waals surface area contributed by atoms with E-state index in [0.717, 1.165) is 24.8 Å². The normalized spacial score (nSPS) is 15.8. The summed E-state index contributed by atoms with van der Waals surface area (Å²) in [5.74, 6) is -0.351. The largest absolute Gasteiger partial charge is 0.348 e. The molecule has 1 unspecified atom stereocenters. The van der Waals surface area contributed by atoms with Crippen LogP contribution in [0.4, 0.5) is 0 Å². The third-order valence-corrected chi connectivity index (χ3v) is 8.02. The van der Waals surface area contributed by atoms with Gasteiger partial charge in [-0.15, -0.1) is 0 Å². The molecule has 1 amide bonds. The van der Waals surface area contributed by atoms with Gasteiger partial charge in [-0.05, 0) is 72.4 Å². The molecule has 172 valence electrons. The quantitative estimate of drug-likeness (QED) is 0.471. The summed E-state index contributed by atoms with van der Waals surface area (Å²) in [5.41, 5.74) is 3.01. The Kier molecular flexibility index (Phi) is 7.39. The Bertz CT molecular complexity index is 1250. The minimum absolute atomic E-state index is 0.0141. The zero-order valence-corrected chi connectivity index (χ0v) is 20.2. The van der Waals surface area contributed by atoms with Crippen LogP contribution in [0.1, 0.15) is 35.6 Å². The second kappa shape index (κ2) is 10.3. The number of sulfonamides is 1. The van der Waals surface area contributed by atoms with E-state index in [4.69, 9.17) is 23.2 Å². The highest BCUT2D eigenvalue weighted by Crippen LogP contribution is 2.29. The molecule has 5 nitrogen and oxygen atoms in total. The monoisotopic (exact) mass is 502 g/mol. The maximum atomic E-state index is 13.4. The van der Waals surface area contributed by atoms with Crippen molar-refractivity contribution >= 4 is 39.1 Å². The van der Waals surface area contributed by atoms with Crippen LogP contribution in [0.2, 0.25) is 10.0 Å². The molecule has 0 fully saturated rings. The summed E-state index contributed by atoms with van der Waals surface area (Å²) in [6.45, 7) is -0.295. The summed E-state index contributed by atoms with van der Waals surface area (Å²) in [7, 11) is -3.95. The third kappa shape index (κ3) is 5.76. The predicted octanol–water partition coefficient (Wildman–Crippen LogP) is 5.38. The smallest absolute Gasteiger partial charge is 0.243 e. The molecule has 0 heterocycles. The lowest BCUT2D eigenvalue weighted by Gasteiger charge is -2.28. The molecule has 1 aliphatic rings. The highest BCUT2D eigenvalue weighted by Gasteiger charge is 2.29. The third-order valence-electron chi connectivity index (χ3n) is 5.72. The molecule has 8 heteroatoms.